The molecule has 0 amide bonds. The van der Waals surface area contributed by atoms with Crippen molar-refractivity contribution >= 4 is 23.3 Å². The number of esters is 1. The SMILES string of the molecule is COC(=O)c1nc(C)c(Cl)cc1N. The van der Waals surface area contributed by atoms with E-state index < -0.39 is 5.97 Å². The van der Waals surface area contributed by atoms with Crippen molar-refractivity contribution in [3.05, 3.63) is 22.5 Å². The second kappa shape index (κ2) is 3.62. The minimum atomic E-state index is -0.558. The molecular formula is C8H9ClN2O2. The van der Waals surface area contributed by atoms with Crippen molar-refractivity contribution in [2.24, 2.45) is 0 Å². The summed E-state index contributed by atoms with van der Waals surface area (Å²) in [4.78, 5) is 15.0. The largest absolute Gasteiger partial charge is 0.464 e. The first-order chi connectivity index (χ1) is 6.06. The highest BCUT2D eigenvalue weighted by Crippen LogP contribution is 2.19. The van der Waals surface area contributed by atoms with Gasteiger partial charge in [-0.25, -0.2) is 9.78 Å². The molecule has 2 N–H and O–H groups in total. The molecule has 0 spiro atoms. The molecule has 0 fully saturated rings. The molecule has 0 saturated carbocycles. The second-order valence-corrected chi connectivity index (χ2v) is 2.89. The number of nitrogens with zero attached hydrogens (tertiary/aromatic N) is 1. The lowest BCUT2D eigenvalue weighted by Crippen LogP contribution is -2.09. The van der Waals surface area contributed by atoms with Crippen LogP contribution in [0, 0.1) is 6.92 Å². The maximum absolute atomic E-state index is 11.1. The zero-order chi connectivity index (χ0) is 10.0. The van der Waals surface area contributed by atoms with Crippen molar-refractivity contribution < 1.29 is 9.53 Å². The summed E-state index contributed by atoms with van der Waals surface area (Å²) in [6, 6.07) is 1.48. The minimum Gasteiger partial charge on any atom is -0.464 e. The number of halogens is 1. The molecule has 0 atom stereocenters. The number of carbonyl (C=O) groups excluding carboxylic acids is 1. The van der Waals surface area contributed by atoms with Crippen LogP contribution in [0.1, 0.15) is 16.2 Å². The Morgan fingerprint density at radius 3 is 2.85 bits per heavy atom. The van der Waals surface area contributed by atoms with Crippen LogP contribution in [0.4, 0.5) is 5.69 Å². The summed E-state index contributed by atoms with van der Waals surface area (Å²) >= 11 is 5.74. The van der Waals surface area contributed by atoms with Crippen LogP contribution in [0.25, 0.3) is 0 Å². The number of methoxy groups -OCH3 is 1. The summed E-state index contributed by atoms with van der Waals surface area (Å²) in [6.07, 6.45) is 0. The van der Waals surface area contributed by atoms with Crippen LogP contribution in [0.3, 0.4) is 0 Å². The highest BCUT2D eigenvalue weighted by Gasteiger charge is 2.13. The van der Waals surface area contributed by atoms with E-state index in [0.29, 0.717) is 10.7 Å². The molecule has 4 nitrogen and oxygen atoms in total. The maximum atomic E-state index is 11.1. The van der Waals surface area contributed by atoms with E-state index in [9.17, 15) is 4.79 Å². The average molecular weight is 201 g/mol. The van der Waals surface area contributed by atoms with Gasteiger partial charge in [0, 0.05) is 0 Å². The predicted molar refractivity (Wildman–Crippen MR) is 49.7 cm³/mol. The van der Waals surface area contributed by atoms with Crippen LogP contribution in [0.2, 0.25) is 5.02 Å². The van der Waals surface area contributed by atoms with Gasteiger partial charge >= 0.3 is 5.97 Å². The van der Waals surface area contributed by atoms with Gasteiger partial charge in [0.2, 0.25) is 0 Å². The number of nitrogen functional groups attached to an aromatic ring is 1. The minimum absolute atomic E-state index is 0.101. The number of aromatic nitrogens is 1. The lowest BCUT2D eigenvalue weighted by Gasteiger charge is -2.04. The lowest BCUT2D eigenvalue weighted by molar-refractivity contribution is 0.0595. The van der Waals surface area contributed by atoms with Gasteiger partial charge in [0.15, 0.2) is 5.69 Å². The van der Waals surface area contributed by atoms with E-state index in [4.69, 9.17) is 17.3 Å². The molecule has 0 aliphatic rings. The first-order valence-electron chi connectivity index (χ1n) is 3.57. The lowest BCUT2D eigenvalue weighted by atomic mass is 10.2. The number of carbonyl (C=O) groups is 1. The Morgan fingerprint density at radius 1 is 1.69 bits per heavy atom. The molecule has 1 aromatic rings. The van der Waals surface area contributed by atoms with Gasteiger partial charge in [-0.15, -0.1) is 0 Å². The van der Waals surface area contributed by atoms with Crippen molar-refractivity contribution in [2.45, 2.75) is 6.92 Å². The van der Waals surface area contributed by atoms with E-state index in [-0.39, 0.29) is 11.4 Å². The van der Waals surface area contributed by atoms with Crippen molar-refractivity contribution in [3.63, 3.8) is 0 Å². The highest BCUT2D eigenvalue weighted by molar-refractivity contribution is 6.31. The van der Waals surface area contributed by atoms with Crippen LogP contribution in [-0.4, -0.2) is 18.1 Å². The number of pyridine rings is 1. The summed E-state index contributed by atoms with van der Waals surface area (Å²) in [5.74, 6) is -0.558. The Bertz CT molecular complexity index is 352. The summed E-state index contributed by atoms with van der Waals surface area (Å²) in [5.41, 5.74) is 6.40. The first-order valence-corrected chi connectivity index (χ1v) is 3.95. The van der Waals surface area contributed by atoms with Gasteiger partial charge in [0.25, 0.3) is 0 Å². The molecule has 1 rings (SSSR count). The van der Waals surface area contributed by atoms with E-state index in [1.165, 1.54) is 13.2 Å². The fourth-order valence-corrected chi connectivity index (χ4v) is 1.01. The van der Waals surface area contributed by atoms with E-state index in [2.05, 4.69) is 9.72 Å². The third-order valence-electron chi connectivity index (χ3n) is 1.56. The fourth-order valence-electron chi connectivity index (χ4n) is 0.855. The quantitative estimate of drug-likeness (QED) is 0.697. The summed E-state index contributed by atoms with van der Waals surface area (Å²) in [6.45, 7) is 1.69. The monoisotopic (exact) mass is 200 g/mol. The molecule has 5 heteroatoms. The Hall–Kier alpha value is -1.29. The van der Waals surface area contributed by atoms with E-state index in [1.54, 1.807) is 6.92 Å². The van der Waals surface area contributed by atoms with E-state index >= 15 is 0 Å². The van der Waals surface area contributed by atoms with Gasteiger partial charge in [-0.3, -0.25) is 0 Å². The first kappa shape index (κ1) is 9.80. The molecule has 13 heavy (non-hydrogen) atoms. The standard InChI is InChI=1S/C8H9ClN2O2/c1-4-5(9)3-6(10)7(11-4)8(12)13-2/h3H,10H2,1-2H3. The molecule has 1 aromatic heterocycles. The number of anilines is 1. The van der Waals surface area contributed by atoms with E-state index in [0.717, 1.165) is 0 Å². The van der Waals surface area contributed by atoms with E-state index in [1.807, 2.05) is 0 Å². The van der Waals surface area contributed by atoms with Gasteiger partial charge in [-0.2, -0.15) is 0 Å². The zero-order valence-electron chi connectivity index (χ0n) is 7.30. The number of nitrogens with two attached hydrogens (primary N) is 1. The Labute approximate surface area is 80.7 Å². The van der Waals surface area contributed by atoms with Gasteiger partial charge in [0.05, 0.1) is 23.5 Å². The number of aryl methyl sites for hydroxylation is 1. The molecule has 0 radical (unpaired) electrons. The van der Waals surface area contributed by atoms with Crippen LogP contribution >= 0.6 is 11.6 Å². The van der Waals surface area contributed by atoms with Crippen molar-refractivity contribution in [1.29, 1.82) is 0 Å². The Morgan fingerprint density at radius 2 is 2.31 bits per heavy atom. The van der Waals surface area contributed by atoms with Crippen LogP contribution in [0.5, 0.6) is 0 Å². The molecule has 0 bridgehead atoms. The van der Waals surface area contributed by atoms with Gasteiger partial charge < -0.3 is 10.5 Å². The predicted octanol–water partition coefficient (Wildman–Crippen LogP) is 1.41. The van der Waals surface area contributed by atoms with Crippen LogP contribution in [-0.2, 0) is 4.74 Å². The molecule has 1 heterocycles. The number of hydrogen-bond acceptors (Lipinski definition) is 4. The van der Waals surface area contributed by atoms with Gasteiger partial charge in [-0.05, 0) is 13.0 Å². The topological polar surface area (TPSA) is 65.2 Å². The summed E-state index contributed by atoms with van der Waals surface area (Å²) in [7, 11) is 1.27. The zero-order valence-corrected chi connectivity index (χ0v) is 8.05. The molecule has 0 unspecified atom stereocenters. The van der Waals surface area contributed by atoms with Crippen LogP contribution in [0.15, 0.2) is 6.07 Å². The Balaban J connectivity index is 3.23. The second-order valence-electron chi connectivity index (χ2n) is 2.49. The Kier molecular flexibility index (Phi) is 2.72. The average Bonchev–Trinajstić information content (AvgIpc) is 2.10. The normalized spacial score (nSPS) is 9.77. The van der Waals surface area contributed by atoms with Gasteiger partial charge in [0.1, 0.15) is 0 Å². The molecular weight excluding hydrogens is 192 g/mol. The van der Waals surface area contributed by atoms with Crippen molar-refractivity contribution in [1.82, 2.24) is 4.98 Å². The van der Waals surface area contributed by atoms with Gasteiger partial charge in [-0.1, -0.05) is 11.6 Å². The van der Waals surface area contributed by atoms with Crippen LogP contribution < -0.4 is 5.73 Å². The highest BCUT2D eigenvalue weighted by atomic mass is 35.5. The molecule has 0 aliphatic heterocycles. The molecule has 0 saturated heterocycles. The molecule has 0 aromatic carbocycles. The number of rotatable bonds is 1. The smallest absolute Gasteiger partial charge is 0.358 e. The van der Waals surface area contributed by atoms with Crippen molar-refractivity contribution in [2.75, 3.05) is 12.8 Å². The fraction of sp³-hybridized carbons (Fsp3) is 0.250. The third-order valence-corrected chi connectivity index (χ3v) is 1.94. The molecule has 70 valence electrons. The third kappa shape index (κ3) is 1.89. The summed E-state index contributed by atoms with van der Waals surface area (Å²) in [5, 5.41) is 0.435. The maximum Gasteiger partial charge on any atom is 0.358 e. The summed E-state index contributed by atoms with van der Waals surface area (Å²) < 4.78 is 4.49. The molecule has 0 aliphatic carbocycles. The van der Waals surface area contributed by atoms with Crippen molar-refractivity contribution in [3.8, 4) is 0 Å². The number of ether oxygens (including phenoxy) is 1. The number of hydrogen-bond donors (Lipinski definition) is 1.